The molecule has 2 heterocycles. The highest BCUT2D eigenvalue weighted by atomic mass is 19.1. The zero-order chi connectivity index (χ0) is 21.4. The van der Waals surface area contributed by atoms with E-state index in [1.807, 2.05) is 10.9 Å². The number of carbonyl (C=O) groups is 1. The number of ether oxygens (including phenoxy) is 1. The second-order valence-electron chi connectivity index (χ2n) is 8.98. The Morgan fingerprint density at radius 1 is 1.27 bits per heavy atom. The van der Waals surface area contributed by atoms with Gasteiger partial charge in [-0.2, -0.15) is 5.10 Å². The standard InChI is InChI=1S/C23H30FN3O3/c1-17-19(4-3-5-20(17)24)23(21(28)29)7-6-22(2,16-23)18-14-25-27(15-18)9-8-26-10-12-30-13-11-26/h3-5,14-15H,6-13,16H2,1-2H3,(H,28,29)/t22-,23+/m1/s1. The van der Waals surface area contributed by atoms with Crippen LogP contribution in [0, 0.1) is 12.7 Å². The number of halogens is 1. The van der Waals surface area contributed by atoms with Crippen molar-refractivity contribution >= 4 is 5.97 Å². The first-order valence-corrected chi connectivity index (χ1v) is 10.7. The SMILES string of the molecule is Cc1c(F)cccc1[C@]1(C(=O)O)CC[C@@](C)(c2cnn(CCN3CCOCC3)c2)C1. The normalized spacial score (nSPS) is 27.4. The molecular weight excluding hydrogens is 385 g/mol. The fraction of sp³-hybridized carbons (Fsp3) is 0.565. The van der Waals surface area contributed by atoms with E-state index in [0.717, 1.165) is 51.4 Å². The van der Waals surface area contributed by atoms with E-state index < -0.39 is 11.4 Å². The van der Waals surface area contributed by atoms with Crippen molar-refractivity contribution in [3.05, 3.63) is 53.1 Å². The molecule has 1 aromatic carbocycles. The number of aliphatic carboxylic acids is 1. The Kier molecular flexibility index (Phi) is 5.68. The van der Waals surface area contributed by atoms with Gasteiger partial charge >= 0.3 is 5.97 Å². The molecule has 1 aliphatic carbocycles. The fourth-order valence-corrected chi connectivity index (χ4v) is 5.10. The molecule has 0 radical (unpaired) electrons. The number of aromatic nitrogens is 2. The van der Waals surface area contributed by atoms with Crippen molar-refractivity contribution in [3.63, 3.8) is 0 Å². The smallest absolute Gasteiger partial charge is 0.314 e. The Bertz CT molecular complexity index is 924. The van der Waals surface area contributed by atoms with Crippen LogP contribution in [0.5, 0.6) is 0 Å². The molecule has 1 saturated carbocycles. The van der Waals surface area contributed by atoms with Crippen molar-refractivity contribution in [2.75, 3.05) is 32.8 Å². The highest BCUT2D eigenvalue weighted by Gasteiger charge is 2.53. The van der Waals surface area contributed by atoms with Crippen molar-refractivity contribution < 1.29 is 19.0 Å². The minimum Gasteiger partial charge on any atom is -0.481 e. The molecule has 1 aromatic heterocycles. The van der Waals surface area contributed by atoms with Crippen LogP contribution >= 0.6 is 0 Å². The van der Waals surface area contributed by atoms with Gasteiger partial charge in [0.2, 0.25) is 0 Å². The topological polar surface area (TPSA) is 67.6 Å². The number of nitrogens with zero attached hydrogens (tertiary/aromatic N) is 3. The number of hydrogen-bond acceptors (Lipinski definition) is 4. The minimum atomic E-state index is -1.07. The van der Waals surface area contributed by atoms with Gasteiger partial charge in [0.25, 0.3) is 0 Å². The molecule has 30 heavy (non-hydrogen) atoms. The fourth-order valence-electron chi connectivity index (χ4n) is 5.10. The third kappa shape index (κ3) is 3.76. The number of morpholine rings is 1. The lowest BCUT2D eigenvalue weighted by Crippen LogP contribution is -2.38. The van der Waals surface area contributed by atoms with Crippen LogP contribution in [-0.4, -0.2) is 58.6 Å². The van der Waals surface area contributed by atoms with E-state index >= 15 is 0 Å². The van der Waals surface area contributed by atoms with Gasteiger partial charge in [0, 0.05) is 25.8 Å². The Morgan fingerprint density at radius 2 is 2.03 bits per heavy atom. The molecule has 2 atom stereocenters. The highest BCUT2D eigenvalue weighted by Crippen LogP contribution is 2.53. The second kappa shape index (κ2) is 8.12. The quantitative estimate of drug-likeness (QED) is 0.785. The van der Waals surface area contributed by atoms with Gasteiger partial charge in [-0.3, -0.25) is 14.4 Å². The summed E-state index contributed by atoms with van der Waals surface area (Å²) in [6.07, 6.45) is 5.58. The summed E-state index contributed by atoms with van der Waals surface area (Å²) in [5.41, 5.74) is 0.705. The molecule has 6 nitrogen and oxygen atoms in total. The van der Waals surface area contributed by atoms with Crippen LogP contribution in [0.4, 0.5) is 4.39 Å². The number of carboxylic acid groups (broad SMARTS) is 1. The van der Waals surface area contributed by atoms with E-state index in [4.69, 9.17) is 4.74 Å². The lowest BCUT2D eigenvalue weighted by Gasteiger charge is -2.30. The van der Waals surface area contributed by atoms with Crippen molar-refractivity contribution in [2.45, 2.75) is 50.5 Å². The van der Waals surface area contributed by atoms with E-state index in [-0.39, 0.29) is 11.2 Å². The lowest BCUT2D eigenvalue weighted by molar-refractivity contribution is -0.143. The molecule has 162 valence electrons. The Morgan fingerprint density at radius 3 is 2.77 bits per heavy atom. The largest absolute Gasteiger partial charge is 0.481 e. The molecule has 2 aromatic rings. The molecule has 1 saturated heterocycles. The van der Waals surface area contributed by atoms with E-state index in [0.29, 0.717) is 24.0 Å². The van der Waals surface area contributed by atoms with Crippen LogP contribution in [0.3, 0.4) is 0 Å². The predicted octanol–water partition coefficient (Wildman–Crippen LogP) is 3.13. The van der Waals surface area contributed by atoms with Crippen molar-refractivity contribution in [3.8, 4) is 0 Å². The molecule has 4 rings (SSSR count). The van der Waals surface area contributed by atoms with Gasteiger partial charge in [-0.15, -0.1) is 0 Å². The van der Waals surface area contributed by atoms with Gasteiger partial charge in [-0.25, -0.2) is 4.39 Å². The van der Waals surface area contributed by atoms with E-state index in [1.54, 1.807) is 19.1 Å². The maximum atomic E-state index is 14.2. The molecule has 1 aliphatic heterocycles. The monoisotopic (exact) mass is 415 g/mol. The lowest BCUT2D eigenvalue weighted by atomic mass is 9.72. The van der Waals surface area contributed by atoms with Crippen LogP contribution < -0.4 is 0 Å². The molecule has 1 N–H and O–H groups in total. The summed E-state index contributed by atoms with van der Waals surface area (Å²) in [7, 11) is 0. The van der Waals surface area contributed by atoms with E-state index in [9.17, 15) is 14.3 Å². The summed E-state index contributed by atoms with van der Waals surface area (Å²) >= 11 is 0. The van der Waals surface area contributed by atoms with E-state index in [1.165, 1.54) is 6.07 Å². The highest BCUT2D eigenvalue weighted by molar-refractivity contribution is 5.83. The van der Waals surface area contributed by atoms with Crippen molar-refractivity contribution in [1.82, 2.24) is 14.7 Å². The molecule has 2 fully saturated rings. The third-order valence-electron chi connectivity index (χ3n) is 7.07. The van der Waals surface area contributed by atoms with Crippen LogP contribution in [0.25, 0.3) is 0 Å². The van der Waals surface area contributed by atoms with Crippen molar-refractivity contribution in [2.24, 2.45) is 0 Å². The first-order chi connectivity index (χ1) is 14.3. The molecule has 0 bridgehead atoms. The maximum Gasteiger partial charge on any atom is 0.314 e. The Hall–Kier alpha value is -2.25. The van der Waals surface area contributed by atoms with Gasteiger partial charge in [-0.1, -0.05) is 19.1 Å². The zero-order valence-electron chi connectivity index (χ0n) is 17.7. The van der Waals surface area contributed by atoms with Crippen LogP contribution in [0.2, 0.25) is 0 Å². The summed E-state index contributed by atoms with van der Waals surface area (Å²) in [6, 6.07) is 4.77. The number of hydrogen-bond donors (Lipinski definition) is 1. The van der Waals surface area contributed by atoms with Gasteiger partial charge in [-0.05, 0) is 54.4 Å². The van der Waals surface area contributed by atoms with Crippen LogP contribution in [0.15, 0.2) is 30.6 Å². The molecule has 2 aliphatic rings. The summed E-state index contributed by atoms with van der Waals surface area (Å²) in [4.78, 5) is 14.8. The summed E-state index contributed by atoms with van der Waals surface area (Å²) in [6.45, 7) is 8.94. The maximum absolute atomic E-state index is 14.2. The number of carboxylic acids is 1. The minimum absolute atomic E-state index is 0.311. The van der Waals surface area contributed by atoms with Gasteiger partial charge in [0.05, 0.1) is 31.4 Å². The third-order valence-corrected chi connectivity index (χ3v) is 7.07. The summed E-state index contributed by atoms with van der Waals surface area (Å²) < 4.78 is 21.5. The average molecular weight is 416 g/mol. The Labute approximate surface area is 176 Å². The molecule has 7 heteroatoms. The van der Waals surface area contributed by atoms with Crippen molar-refractivity contribution in [1.29, 1.82) is 0 Å². The van der Waals surface area contributed by atoms with Crippen LogP contribution in [-0.2, 0) is 26.9 Å². The van der Waals surface area contributed by atoms with Gasteiger partial charge < -0.3 is 9.84 Å². The van der Waals surface area contributed by atoms with E-state index in [2.05, 4.69) is 23.1 Å². The zero-order valence-corrected chi connectivity index (χ0v) is 17.7. The van der Waals surface area contributed by atoms with Gasteiger partial charge in [0.1, 0.15) is 5.82 Å². The number of benzene rings is 1. The summed E-state index contributed by atoms with van der Waals surface area (Å²) in [5, 5.41) is 14.7. The molecule has 0 amide bonds. The number of rotatable bonds is 6. The van der Waals surface area contributed by atoms with Crippen LogP contribution in [0.1, 0.15) is 42.9 Å². The average Bonchev–Trinajstić information content (AvgIpc) is 3.36. The Balaban J connectivity index is 1.53. The van der Waals surface area contributed by atoms with Gasteiger partial charge in [0.15, 0.2) is 0 Å². The first kappa shape index (κ1) is 21.0. The molecule has 0 unspecified atom stereocenters. The predicted molar refractivity (Wildman–Crippen MR) is 111 cm³/mol. The second-order valence-corrected chi connectivity index (χ2v) is 8.98. The first-order valence-electron chi connectivity index (χ1n) is 10.7. The molecular formula is C23H30FN3O3. The molecule has 0 spiro atoms. The summed E-state index contributed by atoms with van der Waals surface area (Å²) in [5.74, 6) is -1.22.